The normalized spacial score (nSPS) is 17.2. The van der Waals surface area contributed by atoms with E-state index in [9.17, 15) is 13.2 Å². The van der Waals surface area contributed by atoms with Crippen LogP contribution in [0.2, 0.25) is 0 Å². The zero-order chi connectivity index (χ0) is 14.6. The molecule has 0 spiro atoms. The third-order valence-corrected chi connectivity index (χ3v) is 3.93. The zero-order valence-corrected chi connectivity index (χ0v) is 12.6. The lowest BCUT2D eigenvalue weighted by atomic mass is 9.94. The van der Waals surface area contributed by atoms with Crippen LogP contribution in [0.1, 0.15) is 37.8 Å². The van der Waals surface area contributed by atoms with Crippen molar-refractivity contribution in [3.63, 3.8) is 0 Å². The van der Waals surface area contributed by atoms with E-state index in [0.29, 0.717) is 11.9 Å². The average molecular weight is 352 g/mol. The summed E-state index contributed by atoms with van der Waals surface area (Å²) >= 11 is 3.39. The Kier molecular flexibility index (Phi) is 5.23. The molecule has 1 aromatic heterocycles. The van der Waals surface area contributed by atoms with Gasteiger partial charge in [0, 0.05) is 17.9 Å². The Morgan fingerprint density at radius 1 is 1.15 bits per heavy atom. The lowest BCUT2D eigenvalue weighted by Gasteiger charge is -2.34. The van der Waals surface area contributed by atoms with Gasteiger partial charge in [-0.05, 0) is 25.0 Å². The fourth-order valence-corrected chi connectivity index (χ4v) is 2.98. The van der Waals surface area contributed by atoms with Crippen molar-refractivity contribution in [2.24, 2.45) is 0 Å². The van der Waals surface area contributed by atoms with Crippen LogP contribution in [-0.4, -0.2) is 28.1 Å². The van der Waals surface area contributed by atoms with Crippen molar-refractivity contribution >= 4 is 21.7 Å². The molecule has 1 aliphatic carbocycles. The summed E-state index contributed by atoms with van der Waals surface area (Å²) in [5, 5.41) is 7.85. The highest BCUT2D eigenvalue weighted by Gasteiger charge is 2.33. The standard InChI is InChI=1S/C13H17BrF3N3/c14-8-9-20(10-4-2-1-3-5-10)12-7-6-11(18-19-12)13(15,16)17/h6-7,10H,1-5,8-9H2. The molecular weight excluding hydrogens is 335 g/mol. The molecule has 3 nitrogen and oxygen atoms in total. The highest BCUT2D eigenvalue weighted by molar-refractivity contribution is 9.09. The number of alkyl halides is 4. The minimum Gasteiger partial charge on any atom is -0.351 e. The second-order valence-electron chi connectivity index (χ2n) is 4.95. The Balaban J connectivity index is 2.16. The van der Waals surface area contributed by atoms with Crippen LogP contribution in [0.15, 0.2) is 12.1 Å². The lowest BCUT2D eigenvalue weighted by Crippen LogP contribution is -2.39. The second-order valence-corrected chi connectivity index (χ2v) is 5.74. The second kappa shape index (κ2) is 6.74. The highest BCUT2D eigenvalue weighted by Crippen LogP contribution is 2.29. The first kappa shape index (κ1) is 15.5. The van der Waals surface area contributed by atoms with Gasteiger partial charge in [0.05, 0.1) is 0 Å². The van der Waals surface area contributed by atoms with Crippen molar-refractivity contribution in [3.8, 4) is 0 Å². The number of anilines is 1. The largest absolute Gasteiger partial charge is 0.435 e. The van der Waals surface area contributed by atoms with Gasteiger partial charge in [0.2, 0.25) is 0 Å². The first-order chi connectivity index (χ1) is 9.52. The van der Waals surface area contributed by atoms with E-state index in [2.05, 4.69) is 31.0 Å². The number of aromatic nitrogens is 2. The molecule has 20 heavy (non-hydrogen) atoms. The first-order valence-corrected chi connectivity index (χ1v) is 7.88. The van der Waals surface area contributed by atoms with E-state index in [1.165, 1.54) is 12.5 Å². The van der Waals surface area contributed by atoms with Crippen molar-refractivity contribution in [1.29, 1.82) is 0 Å². The molecule has 1 heterocycles. The molecule has 0 aromatic carbocycles. The van der Waals surface area contributed by atoms with E-state index in [-0.39, 0.29) is 0 Å². The number of rotatable bonds is 4. The predicted molar refractivity (Wildman–Crippen MR) is 75.0 cm³/mol. The Labute approximate surface area is 124 Å². The molecule has 1 saturated carbocycles. The van der Waals surface area contributed by atoms with Crippen LogP contribution >= 0.6 is 15.9 Å². The molecule has 1 fully saturated rings. The van der Waals surface area contributed by atoms with E-state index >= 15 is 0 Å². The van der Waals surface area contributed by atoms with Crippen LogP contribution < -0.4 is 4.90 Å². The van der Waals surface area contributed by atoms with Crippen LogP contribution in [0.3, 0.4) is 0 Å². The third-order valence-electron chi connectivity index (χ3n) is 3.58. The van der Waals surface area contributed by atoms with Crippen molar-refractivity contribution in [3.05, 3.63) is 17.8 Å². The maximum absolute atomic E-state index is 12.5. The molecule has 112 valence electrons. The van der Waals surface area contributed by atoms with E-state index in [4.69, 9.17) is 0 Å². The van der Waals surface area contributed by atoms with Gasteiger partial charge in [-0.3, -0.25) is 0 Å². The minimum atomic E-state index is -4.43. The minimum absolute atomic E-state index is 0.354. The molecule has 2 rings (SSSR count). The van der Waals surface area contributed by atoms with Gasteiger partial charge in [-0.25, -0.2) is 0 Å². The maximum atomic E-state index is 12.5. The number of hydrogen-bond acceptors (Lipinski definition) is 3. The van der Waals surface area contributed by atoms with Gasteiger partial charge in [-0.15, -0.1) is 10.2 Å². The molecule has 0 unspecified atom stereocenters. The average Bonchev–Trinajstić information content (AvgIpc) is 2.45. The van der Waals surface area contributed by atoms with Gasteiger partial charge in [0.15, 0.2) is 11.5 Å². The lowest BCUT2D eigenvalue weighted by molar-refractivity contribution is -0.141. The molecule has 0 bridgehead atoms. The summed E-state index contributed by atoms with van der Waals surface area (Å²) in [6.07, 6.45) is 1.26. The van der Waals surface area contributed by atoms with Crippen LogP contribution in [0, 0.1) is 0 Å². The molecule has 0 N–H and O–H groups in total. The topological polar surface area (TPSA) is 29.0 Å². The third kappa shape index (κ3) is 3.84. The number of hydrogen-bond donors (Lipinski definition) is 0. The van der Waals surface area contributed by atoms with Gasteiger partial charge in [-0.1, -0.05) is 35.2 Å². The van der Waals surface area contributed by atoms with Crippen molar-refractivity contribution < 1.29 is 13.2 Å². The Hall–Kier alpha value is -0.850. The highest BCUT2D eigenvalue weighted by atomic mass is 79.9. The fraction of sp³-hybridized carbons (Fsp3) is 0.692. The van der Waals surface area contributed by atoms with Crippen LogP contribution in [0.4, 0.5) is 19.0 Å². The summed E-state index contributed by atoms with van der Waals surface area (Å²) in [6.45, 7) is 0.727. The maximum Gasteiger partial charge on any atom is 0.435 e. The van der Waals surface area contributed by atoms with Gasteiger partial charge >= 0.3 is 6.18 Å². The fourth-order valence-electron chi connectivity index (χ4n) is 2.60. The van der Waals surface area contributed by atoms with Crippen molar-refractivity contribution in [2.75, 3.05) is 16.8 Å². The van der Waals surface area contributed by atoms with E-state index in [1.54, 1.807) is 0 Å². The number of halogens is 4. The predicted octanol–water partition coefficient (Wildman–Crippen LogP) is 4.03. The quantitative estimate of drug-likeness (QED) is 0.767. The van der Waals surface area contributed by atoms with Crippen molar-refractivity contribution in [2.45, 2.75) is 44.3 Å². The molecule has 0 saturated heterocycles. The molecule has 1 aromatic rings. The van der Waals surface area contributed by atoms with Gasteiger partial charge in [0.25, 0.3) is 0 Å². The zero-order valence-electron chi connectivity index (χ0n) is 11.0. The molecule has 1 aliphatic rings. The molecule has 0 radical (unpaired) electrons. The van der Waals surface area contributed by atoms with Crippen LogP contribution in [0.25, 0.3) is 0 Å². The molecule has 0 atom stereocenters. The van der Waals surface area contributed by atoms with E-state index in [0.717, 1.165) is 43.6 Å². The van der Waals surface area contributed by atoms with E-state index in [1.807, 2.05) is 0 Å². The van der Waals surface area contributed by atoms with Crippen LogP contribution in [-0.2, 0) is 6.18 Å². The molecular formula is C13H17BrF3N3. The summed E-state index contributed by atoms with van der Waals surface area (Å²) in [4.78, 5) is 2.07. The summed E-state index contributed by atoms with van der Waals surface area (Å²) in [7, 11) is 0. The molecule has 0 amide bonds. The smallest absolute Gasteiger partial charge is 0.351 e. The SMILES string of the molecule is FC(F)(F)c1ccc(N(CCBr)C2CCCCC2)nn1. The van der Waals surface area contributed by atoms with E-state index < -0.39 is 11.9 Å². The summed E-state index contributed by atoms with van der Waals surface area (Å²) in [5.74, 6) is 0.532. The van der Waals surface area contributed by atoms with Gasteiger partial charge < -0.3 is 4.90 Å². The first-order valence-electron chi connectivity index (χ1n) is 6.76. The summed E-state index contributed by atoms with van der Waals surface area (Å²) < 4.78 is 37.5. The van der Waals surface area contributed by atoms with Gasteiger partial charge in [-0.2, -0.15) is 13.2 Å². The Morgan fingerprint density at radius 3 is 2.35 bits per heavy atom. The summed E-state index contributed by atoms with van der Waals surface area (Å²) in [5.41, 5.74) is -0.941. The summed E-state index contributed by atoms with van der Waals surface area (Å²) in [6, 6.07) is 2.78. The molecule has 7 heteroatoms. The van der Waals surface area contributed by atoms with Gasteiger partial charge in [0.1, 0.15) is 0 Å². The van der Waals surface area contributed by atoms with Crippen molar-refractivity contribution in [1.82, 2.24) is 10.2 Å². The Bertz CT molecular complexity index is 416. The van der Waals surface area contributed by atoms with Crippen LogP contribution in [0.5, 0.6) is 0 Å². The number of nitrogens with zero attached hydrogens (tertiary/aromatic N) is 3. The molecule has 0 aliphatic heterocycles. The monoisotopic (exact) mass is 351 g/mol. The Morgan fingerprint density at radius 2 is 1.85 bits per heavy atom.